The first-order valence-electron chi connectivity index (χ1n) is 10.3. The number of nitrogens with zero attached hydrogens (tertiary/aromatic N) is 1. The van der Waals surface area contributed by atoms with Crippen molar-refractivity contribution in [2.45, 2.75) is 45.6 Å². The third-order valence-electron chi connectivity index (χ3n) is 6.45. The minimum Gasteiger partial charge on any atom is -0.464 e. The van der Waals surface area contributed by atoms with Gasteiger partial charge in [-0.05, 0) is 50.8 Å². The number of aromatic nitrogens is 1. The summed E-state index contributed by atoms with van der Waals surface area (Å²) in [5, 5.41) is 1.36. The first kappa shape index (κ1) is 18.5. The molecule has 27 heavy (non-hydrogen) atoms. The molecule has 2 aliphatic heterocycles. The van der Waals surface area contributed by atoms with Gasteiger partial charge in [0.1, 0.15) is 6.61 Å². The Morgan fingerprint density at radius 3 is 2.96 bits per heavy atom. The van der Waals surface area contributed by atoms with Gasteiger partial charge in [-0.15, -0.1) is 0 Å². The number of nitrogens with one attached hydrogen (secondary N) is 1. The number of H-pyrrole nitrogens is 1. The molecule has 1 N–H and O–H groups in total. The van der Waals surface area contributed by atoms with E-state index in [1.807, 2.05) is 6.92 Å². The molecule has 5 nitrogen and oxygen atoms in total. The number of carbonyl (C=O) groups excluding carboxylic acids is 1. The van der Waals surface area contributed by atoms with Crippen molar-refractivity contribution in [2.24, 2.45) is 5.41 Å². The van der Waals surface area contributed by atoms with E-state index in [4.69, 9.17) is 9.47 Å². The summed E-state index contributed by atoms with van der Waals surface area (Å²) < 4.78 is 10.9. The van der Waals surface area contributed by atoms with E-state index in [1.54, 1.807) is 0 Å². The minimum atomic E-state index is -0.272. The second-order valence-electron chi connectivity index (χ2n) is 7.87. The SMILES string of the molecule is CCOC(=O)COCC1(CC)CCCN2CCc3c([nH]c4ccccc34)C21. The maximum atomic E-state index is 11.7. The third-order valence-corrected chi connectivity index (χ3v) is 6.45. The smallest absolute Gasteiger partial charge is 0.332 e. The standard InChI is InChI=1S/C22H30N2O3/c1-3-22(15-26-14-19(25)27-4-2)11-7-12-24-13-10-17-16-8-5-6-9-18(16)23-20(17)21(22)24/h5-6,8-9,21,23H,3-4,7,10-15H2,1-2H3. The van der Waals surface area contributed by atoms with Crippen molar-refractivity contribution in [3.8, 4) is 0 Å². The molecule has 0 spiro atoms. The van der Waals surface area contributed by atoms with Crippen LogP contribution >= 0.6 is 0 Å². The van der Waals surface area contributed by atoms with Crippen molar-refractivity contribution in [1.29, 1.82) is 0 Å². The lowest BCUT2D eigenvalue weighted by molar-refractivity contribution is -0.151. The van der Waals surface area contributed by atoms with Crippen molar-refractivity contribution >= 4 is 16.9 Å². The number of piperidine rings is 1. The van der Waals surface area contributed by atoms with Gasteiger partial charge in [-0.3, -0.25) is 4.90 Å². The lowest BCUT2D eigenvalue weighted by Gasteiger charge is -2.51. The third kappa shape index (κ3) is 3.27. The molecule has 0 saturated carbocycles. The van der Waals surface area contributed by atoms with Crippen LogP contribution in [-0.4, -0.2) is 48.8 Å². The Morgan fingerprint density at radius 1 is 1.30 bits per heavy atom. The van der Waals surface area contributed by atoms with Crippen molar-refractivity contribution in [3.05, 3.63) is 35.5 Å². The molecule has 0 bridgehead atoms. The normalized spacial score (nSPS) is 25.2. The highest BCUT2D eigenvalue weighted by Crippen LogP contribution is 2.51. The summed E-state index contributed by atoms with van der Waals surface area (Å²) in [4.78, 5) is 18.1. The summed E-state index contributed by atoms with van der Waals surface area (Å²) >= 11 is 0. The Balaban J connectivity index is 1.64. The van der Waals surface area contributed by atoms with Crippen LogP contribution in [0.15, 0.2) is 24.3 Å². The number of fused-ring (bicyclic) bond motifs is 5. The Labute approximate surface area is 161 Å². The van der Waals surface area contributed by atoms with Gasteiger partial charge in [0.25, 0.3) is 0 Å². The minimum absolute atomic E-state index is 0.0286. The maximum Gasteiger partial charge on any atom is 0.332 e. The highest BCUT2D eigenvalue weighted by molar-refractivity contribution is 5.85. The highest BCUT2D eigenvalue weighted by atomic mass is 16.6. The number of para-hydroxylation sites is 1. The van der Waals surface area contributed by atoms with Crippen LogP contribution in [0.25, 0.3) is 10.9 Å². The predicted molar refractivity (Wildman–Crippen MR) is 106 cm³/mol. The number of hydrogen-bond donors (Lipinski definition) is 1. The van der Waals surface area contributed by atoms with E-state index in [9.17, 15) is 4.79 Å². The number of hydrogen-bond acceptors (Lipinski definition) is 4. The van der Waals surface area contributed by atoms with E-state index < -0.39 is 0 Å². The summed E-state index contributed by atoms with van der Waals surface area (Å²) in [6.07, 6.45) is 4.44. The predicted octanol–water partition coefficient (Wildman–Crippen LogP) is 3.84. The Bertz CT molecular complexity index is 815. The van der Waals surface area contributed by atoms with Gasteiger partial charge in [-0.1, -0.05) is 25.1 Å². The summed E-state index contributed by atoms with van der Waals surface area (Å²) in [6, 6.07) is 8.95. The van der Waals surface area contributed by atoms with Gasteiger partial charge in [0.2, 0.25) is 0 Å². The van der Waals surface area contributed by atoms with E-state index in [0.29, 0.717) is 19.3 Å². The largest absolute Gasteiger partial charge is 0.464 e. The molecule has 5 heteroatoms. The van der Waals surface area contributed by atoms with Crippen LogP contribution in [0.4, 0.5) is 0 Å². The fourth-order valence-corrected chi connectivity index (χ4v) is 5.16. The van der Waals surface area contributed by atoms with Gasteiger partial charge in [0, 0.05) is 28.6 Å². The molecule has 3 heterocycles. The number of esters is 1. The van der Waals surface area contributed by atoms with Gasteiger partial charge < -0.3 is 14.5 Å². The summed E-state index contributed by atoms with van der Waals surface area (Å²) in [5.41, 5.74) is 4.09. The molecule has 0 amide bonds. The second kappa shape index (κ2) is 7.64. The van der Waals surface area contributed by atoms with Gasteiger partial charge in [-0.2, -0.15) is 0 Å². The molecule has 2 atom stereocenters. The van der Waals surface area contributed by atoms with E-state index >= 15 is 0 Å². The zero-order valence-corrected chi connectivity index (χ0v) is 16.4. The zero-order chi connectivity index (χ0) is 18.9. The van der Waals surface area contributed by atoms with Gasteiger partial charge >= 0.3 is 5.97 Å². The van der Waals surface area contributed by atoms with Crippen LogP contribution < -0.4 is 0 Å². The summed E-state index contributed by atoms with van der Waals surface area (Å²) in [7, 11) is 0. The van der Waals surface area contributed by atoms with E-state index in [2.05, 4.69) is 41.1 Å². The number of carbonyl (C=O) groups is 1. The average molecular weight is 370 g/mol. The Kier molecular flexibility index (Phi) is 5.24. The number of aromatic amines is 1. The van der Waals surface area contributed by atoms with Gasteiger partial charge in [0.15, 0.2) is 0 Å². The van der Waals surface area contributed by atoms with E-state index in [1.165, 1.54) is 28.6 Å². The van der Waals surface area contributed by atoms with E-state index in [0.717, 1.165) is 32.4 Å². The van der Waals surface area contributed by atoms with E-state index in [-0.39, 0.29) is 18.0 Å². The fraction of sp³-hybridized carbons (Fsp3) is 0.591. The number of rotatable bonds is 6. The molecular weight excluding hydrogens is 340 g/mol. The lowest BCUT2D eigenvalue weighted by Crippen LogP contribution is -2.51. The van der Waals surface area contributed by atoms with Crippen molar-refractivity contribution in [2.75, 3.05) is 32.9 Å². The Morgan fingerprint density at radius 2 is 2.15 bits per heavy atom. The first-order valence-corrected chi connectivity index (χ1v) is 10.3. The van der Waals surface area contributed by atoms with Gasteiger partial charge in [0.05, 0.1) is 19.3 Å². The van der Waals surface area contributed by atoms with Crippen molar-refractivity contribution in [3.63, 3.8) is 0 Å². The lowest BCUT2D eigenvalue weighted by atomic mass is 9.68. The van der Waals surface area contributed by atoms with Crippen molar-refractivity contribution < 1.29 is 14.3 Å². The zero-order valence-electron chi connectivity index (χ0n) is 16.4. The number of benzene rings is 1. The van der Waals surface area contributed by atoms with Crippen LogP contribution in [-0.2, 0) is 20.7 Å². The topological polar surface area (TPSA) is 54.6 Å². The van der Waals surface area contributed by atoms with Crippen LogP contribution in [0.5, 0.6) is 0 Å². The molecule has 1 fully saturated rings. The maximum absolute atomic E-state index is 11.7. The Hall–Kier alpha value is -1.85. The monoisotopic (exact) mass is 370 g/mol. The molecule has 2 unspecified atom stereocenters. The number of ether oxygens (including phenoxy) is 2. The molecule has 1 aromatic heterocycles. The first-order chi connectivity index (χ1) is 13.2. The molecule has 2 aliphatic rings. The second-order valence-corrected chi connectivity index (χ2v) is 7.87. The molecular formula is C22H30N2O3. The van der Waals surface area contributed by atoms with Crippen molar-refractivity contribution in [1.82, 2.24) is 9.88 Å². The highest BCUT2D eigenvalue weighted by Gasteiger charge is 2.47. The molecule has 0 radical (unpaired) electrons. The molecule has 2 aromatic rings. The van der Waals surface area contributed by atoms with Crippen LogP contribution in [0.3, 0.4) is 0 Å². The van der Waals surface area contributed by atoms with Crippen LogP contribution in [0, 0.1) is 5.41 Å². The van der Waals surface area contributed by atoms with Crippen LogP contribution in [0.1, 0.15) is 50.4 Å². The van der Waals surface area contributed by atoms with Gasteiger partial charge in [-0.25, -0.2) is 4.79 Å². The van der Waals surface area contributed by atoms with Crippen LogP contribution in [0.2, 0.25) is 0 Å². The molecule has 1 saturated heterocycles. The fourth-order valence-electron chi connectivity index (χ4n) is 5.16. The quantitative estimate of drug-likeness (QED) is 0.785. The molecule has 4 rings (SSSR count). The molecule has 0 aliphatic carbocycles. The summed E-state index contributed by atoms with van der Waals surface area (Å²) in [6.45, 7) is 7.35. The average Bonchev–Trinajstić information content (AvgIpc) is 3.06. The molecule has 146 valence electrons. The molecule has 1 aromatic carbocycles. The summed E-state index contributed by atoms with van der Waals surface area (Å²) in [5.74, 6) is -0.272.